The molecule has 1 aromatic carbocycles. The van der Waals surface area contributed by atoms with Crippen LogP contribution in [0.25, 0.3) is 16.9 Å². The van der Waals surface area contributed by atoms with Crippen molar-refractivity contribution >= 4 is 32.9 Å². The summed E-state index contributed by atoms with van der Waals surface area (Å²) in [6.45, 7) is 4.71. The number of halogens is 3. The summed E-state index contributed by atoms with van der Waals surface area (Å²) in [5.74, 6) is -1.05. The van der Waals surface area contributed by atoms with E-state index in [1.165, 1.54) is 18.6 Å². The summed E-state index contributed by atoms with van der Waals surface area (Å²) in [5.41, 5.74) is 2.15. The lowest BCUT2D eigenvalue weighted by molar-refractivity contribution is -0.0501. The molecule has 0 aliphatic carbocycles. The Kier molecular flexibility index (Phi) is 5.34. The Balaban J connectivity index is 2.33. The van der Waals surface area contributed by atoms with E-state index in [2.05, 4.69) is 14.2 Å². The van der Waals surface area contributed by atoms with Crippen LogP contribution < -0.4 is 14.7 Å². The average Bonchev–Trinajstić information content (AvgIpc) is 2.92. The minimum atomic E-state index is -5.97. The molecule has 3 aromatic rings. The van der Waals surface area contributed by atoms with Gasteiger partial charge in [0, 0.05) is 5.56 Å². The molecule has 0 unspecified atom stereocenters. The van der Waals surface area contributed by atoms with Gasteiger partial charge >= 0.3 is 15.6 Å². The molecular formula is C18H17F3N4O5S. The predicted octanol–water partition coefficient (Wildman–Crippen LogP) is 3.06. The summed E-state index contributed by atoms with van der Waals surface area (Å²) in [5, 5.41) is 0. The molecule has 0 fully saturated rings. The molecule has 9 nitrogen and oxygen atoms in total. The standard InChI is InChI=1S/C18H17F3N4O5S/c1-8-5-6-11(29-4)9(2)15(8)25-16(22)13(10(3)26)14-17(25)23-7-12(24-14)30-31(27,28)18(19,20)21/h5-7H,22H2,1-4H3. The monoisotopic (exact) mass is 458 g/mol. The third kappa shape index (κ3) is 3.65. The second-order valence-electron chi connectivity index (χ2n) is 6.57. The summed E-state index contributed by atoms with van der Waals surface area (Å²) in [6, 6.07) is 3.49. The second kappa shape index (κ2) is 7.41. The molecule has 0 amide bonds. The molecule has 0 atom stereocenters. The number of hydrogen-bond donors (Lipinski definition) is 1. The Morgan fingerprint density at radius 1 is 1.23 bits per heavy atom. The number of hydrogen-bond acceptors (Lipinski definition) is 8. The summed E-state index contributed by atoms with van der Waals surface area (Å²) in [4.78, 5) is 20.0. The Morgan fingerprint density at radius 3 is 2.42 bits per heavy atom. The predicted molar refractivity (Wildman–Crippen MR) is 105 cm³/mol. The first-order valence-corrected chi connectivity index (χ1v) is 10.0. The molecule has 0 aliphatic rings. The second-order valence-corrected chi connectivity index (χ2v) is 8.11. The van der Waals surface area contributed by atoms with Crippen molar-refractivity contribution in [2.75, 3.05) is 12.8 Å². The highest BCUT2D eigenvalue weighted by Crippen LogP contribution is 2.36. The van der Waals surface area contributed by atoms with E-state index < -0.39 is 27.3 Å². The van der Waals surface area contributed by atoms with E-state index >= 15 is 0 Å². The molecule has 13 heteroatoms. The van der Waals surface area contributed by atoms with Gasteiger partial charge in [0.15, 0.2) is 11.4 Å². The van der Waals surface area contributed by atoms with Gasteiger partial charge in [0.05, 0.1) is 24.6 Å². The molecule has 2 aromatic heterocycles. The van der Waals surface area contributed by atoms with Gasteiger partial charge in [0.25, 0.3) is 5.88 Å². The lowest BCUT2D eigenvalue weighted by atomic mass is 10.1. The van der Waals surface area contributed by atoms with E-state index in [1.54, 1.807) is 26.0 Å². The van der Waals surface area contributed by atoms with Crippen LogP contribution in [0.5, 0.6) is 11.6 Å². The summed E-state index contributed by atoms with van der Waals surface area (Å²) < 4.78 is 71.3. The lowest BCUT2D eigenvalue weighted by Crippen LogP contribution is -2.28. The quantitative estimate of drug-likeness (QED) is 0.351. The maximum Gasteiger partial charge on any atom is 0.534 e. The number of ether oxygens (including phenoxy) is 1. The molecule has 2 N–H and O–H groups in total. The molecule has 0 bridgehead atoms. The van der Waals surface area contributed by atoms with Crippen molar-refractivity contribution < 1.29 is 35.3 Å². The van der Waals surface area contributed by atoms with Gasteiger partial charge in [-0.3, -0.25) is 9.36 Å². The number of carbonyl (C=O) groups is 1. The number of alkyl halides is 3. The number of Topliss-reactive ketones (excluding diaryl/α,β-unsaturated/α-hetero) is 1. The van der Waals surface area contributed by atoms with Crippen LogP contribution in [0.2, 0.25) is 0 Å². The van der Waals surface area contributed by atoms with Gasteiger partial charge in [-0.2, -0.15) is 21.6 Å². The fourth-order valence-corrected chi connectivity index (χ4v) is 3.60. The number of nitrogens with zero attached hydrogens (tertiary/aromatic N) is 3. The molecule has 31 heavy (non-hydrogen) atoms. The Bertz CT molecular complexity index is 1320. The van der Waals surface area contributed by atoms with Gasteiger partial charge in [-0.05, 0) is 32.4 Å². The molecule has 0 saturated carbocycles. The highest BCUT2D eigenvalue weighted by atomic mass is 32.2. The van der Waals surface area contributed by atoms with Crippen molar-refractivity contribution in [3.63, 3.8) is 0 Å². The van der Waals surface area contributed by atoms with Gasteiger partial charge in [-0.1, -0.05) is 6.07 Å². The van der Waals surface area contributed by atoms with Crippen LogP contribution in [0.4, 0.5) is 19.0 Å². The lowest BCUT2D eigenvalue weighted by Gasteiger charge is -2.16. The first kappa shape index (κ1) is 22.3. The largest absolute Gasteiger partial charge is 0.534 e. The highest BCUT2D eigenvalue weighted by molar-refractivity contribution is 7.87. The molecule has 166 valence electrons. The maximum absolute atomic E-state index is 12.6. The number of benzene rings is 1. The normalized spacial score (nSPS) is 12.2. The number of aromatic nitrogens is 3. The minimum absolute atomic E-state index is 0.0268. The average molecular weight is 458 g/mol. The third-order valence-electron chi connectivity index (χ3n) is 4.53. The van der Waals surface area contributed by atoms with Crippen molar-refractivity contribution in [1.29, 1.82) is 0 Å². The fourth-order valence-electron chi connectivity index (χ4n) is 3.20. The van der Waals surface area contributed by atoms with Crippen LogP contribution in [0.1, 0.15) is 28.4 Å². The molecule has 0 saturated heterocycles. The number of nitrogens with two attached hydrogens (primary N) is 1. The Hall–Kier alpha value is -3.35. The number of ketones is 1. The van der Waals surface area contributed by atoms with E-state index in [0.29, 0.717) is 23.2 Å². The van der Waals surface area contributed by atoms with Crippen LogP contribution in [-0.2, 0) is 10.1 Å². The van der Waals surface area contributed by atoms with Crippen LogP contribution in [0.15, 0.2) is 18.3 Å². The SMILES string of the molecule is COc1ccc(C)c(-n2c(N)c(C(C)=O)c3nc(OS(=O)(=O)C(F)(F)F)cnc32)c1C. The first-order chi connectivity index (χ1) is 14.3. The van der Waals surface area contributed by atoms with Gasteiger partial charge in [-0.15, -0.1) is 0 Å². The van der Waals surface area contributed by atoms with Crippen molar-refractivity contribution in [2.45, 2.75) is 26.3 Å². The number of fused-ring (bicyclic) bond motifs is 1. The van der Waals surface area contributed by atoms with Crippen LogP contribution >= 0.6 is 0 Å². The van der Waals surface area contributed by atoms with Crippen LogP contribution in [0.3, 0.4) is 0 Å². The number of aryl methyl sites for hydroxylation is 1. The van der Waals surface area contributed by atoms with E-state index in [9.17, 15) is 26.4 Å². The fraction of sp³-hybridized carbons (Fsp3) is 0.278. The van der Waals surface area contributed by atoms with Crippen molar-refractivity contribution in [3.05, 3.63) is 35.0 Å². The molecule has 2 heterocycles. The van der Waals surface area contributed by atoms with Gasteiger partial charge < -0.3 is 14.7 Å². The highest BCUT2D eigenvalue weighted by Gasteiger charge is 2.49. The number of anilines is 1. The topological polar surface area (TPSA) is 126 Å². The Morgan fingerprint density at radius 2 is 1.87 bits per heavy atom. The number of carbonyl (C=O) groups excluding carboxylic acids is 1. The van der Waals surface area contributed by atoms with E-state index in [4.69, 9.17) is 10.5 Å². The number of rotatable bonds is 5. The van der Waals surface area contributed by atoms with Crippen molar-refractivity contribution in [3.8, 4) is 17.3 Å². The van der Waals surface area contributed by atoms with E-state index in [0.717, 1.165) is 5.56 Å². The van der Waals surface area contributed by atoms with E-state index in [-0.39, 0.29) is 22.5 Å². The molecule has 0 spiro atoms. The zero-order valence-electron chi connectivity index (χ0n) is 16.7. The summed E-state index contributed by atoms with van der Waals surface area (Å²) in [7, 11) is -4.50. The van der Waals surface area contributed by atoms with E-state index in [1.807, 2.05) is 0 Å². The molecule has 0 radical (unpaired) electrons. The van der Waals surface area contributed by atoms with Crippen LogP contribution in [-0.4, -0.2) is 41.4 Å². The summed E-state index contributed by atoms with van der Waals surface area (Å²) >= 11 is 0. The Labute approximate surface area is 174 Å². The smallest absolute Gasteiger partial charge is 0.496 e. The van der Waals surface area contributed by atoms with Gasteiger partial charge in [0.1, 0.15) is 17.1 Å². The number of nitrogen functional groups attached to an aromatic ring is 1. The molecule has 0 aliphatic heterocycles. The zero-order valence-corrected chi connectivity index (χ0v) is 17.6. The van der Waals surface area contributed by atoms with Crippen molar-refractivity contribution in [2.24, 2.45) is 0 Å². The molecule has 3 rings (SSSR count). The van der Waals surface area contributed by atoms with Crippen molar-refractivity contribution in [1.82, 2.24) is 14.5 Å². The molecular weight excluding hydrogens is 441 g/mol. The number of methoxy groups -OCH3 is 1. The summed E-state index contributed by atoms with van der Waals surface area (Å²) in [6.07, 6.45) is 0.705. The zero-order chi connectivity index (χ0) is 23.3. The minimum Gasteiger partial charge on any atom is -0.496 e. The third-order valence-corrected chi connectivity index (χ3v) is 5.49. The maximum atomic E-state index is 12.6. The first-order valence-electron chi connectivity index (χ1n) is 8.63. The van der Waals surface area contributed by atoms with Gasteiger partial charge in [-0.25, -0.2) is 9.97 Å². The van der Waals surface area contributed by atoms with Crippen LogP contribution in [0, 0.1) is 13.8 Å². The van der Waals surface area contributed by atoms with Gasteiger partial charge in [0.2, 0.25) is 0 Å².